The molecule has 1 aliphatic rings. The minimum Gasteiger partial charge on any atom is -0.489 e. The van der Waals surface area contributed by atoms with E-state index in [1.807, 2.05) is 78.9 Å². The first-order valence-electron chi connectivity index (χ1n) is 8.78. The van der Waals surface area contributed by atoms with E-state index >= 15 is 0 Å². The molecule has 3 heteroatoms. The molecular formula is C24H18O3. The molecule has 0 radical (unpaired) electrons. The molecule has 132 valence electrons. The van der Waals surface area contributed by atoms with Crippen molar-refractivity contribution in [3.63, 3.8) is 0 Å². The van der Waals surface area contributed by atoms with Gasteiger partial charge in [0.2, 0.25) is 0 Å². The predicted molar refractivity (Wildman–Crippen MR) is 109 cm³/mol. The highest BCUT2D eigenvalue weighted by Gasteiger charge is 2.05. The molecule has 5 rings (SSSR count). The van der Waals surface area contributed by atoms with Crippen molar-refractivity contribution in [1.29, 1.82) is 0 Å². The molecule has 1 aliphatic heterocycles. The molecule has 0 bridgehead atoms. The van der Waals surface area contributed by atoms with Gasteiger partial charge in [0.25, 0.3) is 0 Å². The second kappa shape index (κ2) is 7.75. The quantitative estimate of drug-likeness (QED) is 0.450. The summed E-state index contributed by atoms with van der Waals surface area (Å²) in [4.78, 5) is 11.9. The summed E-state index contributed by atoms with van der Waals surface area (Å²) in [5, 5.41) is 0.618. The fraction of sp³-hybridized carbons (Fsp3) is 0.0417. The van der Waals surface area contributed by atoms with Gasteiger partial charge in [-0.3, -0.25) is 4.79 Å². The lowest BCUT2D eigenvalue weighted by atomic mass is 10.1. The molecule has 3 nitrogen and oxygen atoms in total. The lowest BCUT2D eigenvalue weighted by molar-refractivity contribution is 0.358. The van der Waals surface area contributed by atoms with Gasteiger partial charge in [0, 0.05) is 17.2 Å². The van der Waals surface area contributed by atoms with Gasteiger partial charge in [-0.1, -0.05) is 66.7 Å². The lowest BCUT2D eigenvalue weighted by Gasteiger charge is -2.10. The SMILES string of the molecule is C1=Cc2ccccc2OC1.O=c1cc(-c2ccccc2)oc2ccccc12. The third-order valence-corrected chi connectivity index (χ3v) is 4.24. The summed E-state index contributed by atoms with van der Waals surface area (Å²) in [6, 6.07) is 26.5. The standard InChI is InChI=1S/C15H10O2.C9H8O/c16-13-10-15(11-6-2-1-3-7-11)17-14-9-5-4-8-12(13)14;1-2-6-9-8(4-1)5-3-7-10-9/h1-10H;1-6H,7H2. The van der Waals surface area contributed by atoms with Crippen LogP contribution in [-0.4, -0.2) is 6.61 Å². The zero-order chi connectivity index (χ0) is 18.5. The summed E-state index contributed by atoms with van der Waals surface area (Å²) in [6.45, 7) is 0.705. The van der Waals surface area contributed by atoms with Gasteiger partial charge < -0.3 is 9.15 Å². The third kappa shape index (κ3) is 3.82. The Kier molecular flexibility index (Phi) is 4.84. The Bertz CT molecular complexity index is 1140. The van der Waals surface area contributed by atoms with Crippen molar-refractivity contribution >= 4 is 17.0 Å². The van der Waals surface area contributed by atoms with Crippen LogP contribution >= 0.6 is 0 Å². The number of benzene rings is 3. The summed E-state index contributed by atoms with van der Waals surface area (Å²) in [7, 11) is 0. The normalized spacial score (nSPS) is 11.9. The van der Waals surface area contributed by atoms with Gasteiger partial charge >= 0.3 is 0 Å². The van der Waals surface area contributed by atoms with Gasteiger partial charge in [-0.15, -0.1) is 0 Å². The Morgan fingerprint density at radius 1 is 0.778 bits per heavy atom. The molecule has 0 amide bonds. The second-order valence-electron chi connectivity index (χ2n) is 6.09. The summed E-state index contributed by atoms with van der Waals surface area (Å²) >= 11 is 0. The van der Waals surface area contributed by atoms with E-state index in [0.29, 0.717) is 23.3 Å². The molecule has 0 fully saturated rings. The molecule has 4 aromatic rings. The first-order valence-corrected chi connectivity index (χ1v) is 8.78. The molecule has 0 spiro atoms. The van der Waals surface area contributed by atoms with E-state index in [2.05, 4.69) is 6.08 Å². The summed E-state index contributed by atoms with van der Waals surface area (Å²) in [5.74, 6) is 1.60. The molecule has 2 heterocycles. The van der Waals surface area contributed by atoms with Crippen molar-refractivity contribution in [3.05, 3.63) is 107 Å². The smallest absolute Gasteiger partial charge is 0.193 e. The topological polar surface area (TPSA) is 39.4 Å². The van der Waals surface area contributed by atoms with E-state index in [4.69, 9.17) is 9.15 Å². The van der Waals surface area contributed by atoms with Crippen LogP contribution in [0.1, 0.15) is 5.56 Å². The molecule has 0 unspecified atom stereocenters. The van der Waals surface area contributed by atoms with Gasteiger partial charge in [-0.05, 0) is 24.3 Å². The Morgan fingerprint density at radius 3 is 2.37 bits per heavy atom. The zero-order valence-corrected chi connectivity index (χ0v) is 14.7. The Hall–Kier alpha value is -3.59. The number of hydrogen-bond acceptors (Lipinski definition) is 3. The Balaban J connectivity index is 0.000000153. The molecule has 0 atom stereocenters. The maximum absolute atomic E-state index is 11.9. The molecule has 0 N–H and O–H groups in total. The van der Waals surface area contributed by atoms with E-state index in [0.717, 1.165) is 11.3 Å². The number of rotatable bonds is 1. The van der Waals surface area contributed by atoms with E-state index in [9.17, 15) is 4.79 Å². The maximum Gasteiger partial charge on any atom is 0.193 e. The van der Waals surface area contributed by atoms with Crippen LogP contribution in [0.2, 0.25) is 0 Å². The highest BCUT2D eigenvalue weighted by atomic mass is 16.5. The zero-order valence-electron chi connectivity index (χ0n) is 14.7. The minimum atomic E-state index is -0.00861. The predicted octanol–water partition coefficient (Wildman–Crippen LogP) is 5.55. The van der Waals surface area contributed by atoms with Crippen LogP contribution in [0, 0.1) is 0 Å². The van der Waals surface area contributed by atoms with Crippen LogP contribution in [0.3, 0.4) is 0 Å². The van der Waals surface area contributed by atoms with Crippen LogP contribution < -0.4 is 10.2 Å². The lowest BCUT2D eigenvalue weighted by Crippen LogP contribution is -1.99. The van der Waals surface area contributed by atoms with E-state index in [-0.39, 0.29) is 5.43 Å². The summed E-state index contributed by atoms with van der Waals surface area (Å²) < 4.78 is 11.1. The van der Waals surface area contributed by atoms with Gasteiger partial charge in [0.05, 0.1) is 5.39 Å². The first-order chi connectivity index (χ1) is 13.3. The van der Waals surface area contributed by atoms with Crippen molar-refractivity contribution < 1.29 is 9.15 Å². The van der Waals surface area contributed by atoms with Crippen LogP contribution in [0.5, 0.6) is 5.75 Å². The molecule has 1 aromatic heterocycles. The summed E-state index contributed by atoms with van der Waals surface area (Å²) in [5.41, 5.74) is 2.70. The molecular weight excluding hydrogens is 336 g/mol. The number of fused-ring (bicyclic) bond motifs is 2. The van der Waals surface area contributed by atoms with Crippen molar-refractivity contribution in [3.8, 4) is 17.1 Å². The van der Waals surface area contributed by atoms with Crippen molar-refractivity contribution in [2.45, 2.75) is 0 Å². The van der Waals surface area contributed by atoms with Crippen molar-refractivity contribution in [2.75, 3.05) is 6.61 Å². The maximum atomic E-state index is 11.9. The van der Waals surface area contributed by atoms with E-state index in [1.54, 1.807) is 6.07 Å². The van der Waals surface area contributed by atoms with Crippen LogP contribution in [0.4, 0.5) is 0 Å². The number of hydrogen-bond donors (Lipinski definition) is 0. The van der Waals surface area contributed by atoms with Crippen molar-refractivity contribution in [1.82, 2.24) is 0 Å². The highest BCUT2D eigenvalue weighted by molar-refractivity contribution is 5.78. The Labute approximate surface area is 157 Å². The van der Waals surface area contributed by atoms with Crippen LogP contribution in [0.15, 0.2) is 100 Å². The van der Waals surface area contributed by atoms with Gasteiger partial charge in [0.15, 0.2) is 5.43 Å². The molecule has 0 aliphatic carbocycles. The van der Waals surface area contributed by atoms with E-state index < -0.39 is 0 Å². The highest BCUT2D eigenvalue weighted by Crippen LogP contribution is 2.22. The van der Waals surface area contributed by atoms with Gasteiger partial charge in [0.1, 0.15) is 23.7 Å². The number of ether oxygens (including phenoxy) is 1. The van der Waals surface area contributed by atoms with Crippen LogP contribution in [-0.2, 0) is 0 Å². The average molecular weight is 354 g/mol. The average Bonchev–Trinajstić information content (AvgIpc) is 2.75. The molecule has 0 saturated carbocycles. The van der Waals surface area contributed by atoms with Gasteiger partial charge in [-0.25, -0.2) is 0 Å². The fourth-order valence-corrected chi connectivity index (χ4v) is 2.91. The van der Waals surface area contributed by atoms with Crippen LogP contribution in [0.25, 0.3) is 28.4 Å². The summed E-state index contributed by atoms with van der Waals surface area (Å²) in [6.07, 6.45) is 4.10. The first kappa shape index (κ1) is 16.9. The molecule has 3 aromatic carbocycles. The monoisotopic (exact) mass is 354 g/mol. The Morgan fingerprint density at radius 2 is 1.52 bits per heavy atom. The van der Waals surface area contributed by atoms with Crippen molar-refractivity contribution in [2.24, 2.45) is 0 Å². The third-order valence-electron chi connectivity index (χ3n) is 4.24. The minimum absolute atomic E-state index is 0.00861. The second-order valence-corrected chi connectivity index (χ2v) is 6.09. The fourth-order valence-electron chi connectivity index (χ4n) is 2.91. The molecule has 0 saturated heterocycles. The molecule has 27 heavy (non-hydrogen) atoms. The number of para-hydroxylation sites is 2. The largest absolute Gasteiger partial charge is 0.489 e. The van der Waals surface area contributed by atoms with E-state index in [1.165, 1.54) is 11.6 Å². The van der Waals surface area contributed by atoms with Gasteiger partial charge in [-0.2, -0.15) is 0 Å².